The molecule has 0 aromatic carbocycles. The molecule has 1 aromatic heterocycles. The molecule has 1 unspecified atom stereocenters. The monoisotopic (exact) mass is 281 g/mol. The number of hydrogen-bond acceptors (Lipinski definition) is 4. The molecule has 0 saturated carbocycles. The van der Waals surface area contributed by atoms with Crippen molar-refractivity contribution in [2.45, 2.75) is 13.0 Å². The van der Waals surface area contributed by atoms with Crippen LogP contribution >= 0.6 is 11.3 Å². The van der Waals surface area contributed by atoms with Crippen LogP contribution < -0.4 is 0 Å². The molecule has 1 aliphatic rings. The quantitative estimate of drug-likeness (QED) is 0.813. The lowest BCUT2D eigenvalue weighted by atomic mass is 10.1. The van der Waals surface area contributed by atoms with Gasteiger partial charge in [-0.1, -0.05) is 0 Å². The van der Waals surface area contributed by atoms with Gasteiger partial charge in [0, 0.05) is 31.2 Å². The fraction of sp³-hybridized carbons (Fsp3) is 0.500. The van der Waals surface area contributed by atoms with Crippen molar-refractivity contribution >= 4 is 23.4 Å². The molecule has 0 radical (unpaired) electrons. The molecule has 104 valence electrons. The number of aliphatic carboxylic acids is 1. The molecule has 2 heterocycles. The van der Waals surface area contributed by atoms with E-state index in [0.29, 0.717) is 5.92 Å². The molecule has 1 atom stereocenters. The van der Waals surface area contributed by atoms with Gasteiger partial charge in [-0.2, -0.15) is 0 Å². The molecule has 0 bridgehead atoms. The van der Waals surface area contributed by atoms with Crippen LogP contribution in [0, 0.1) is 5.92 Å². The van der Waals surface area contributed by atoms with Crippen molar-refractivity contribution in [3.63, 3.8) is 0 Å². The zero-order valence-electron chi connectivity index (χ0n) is 11.0. The molecule has 0 aliphatic carbocycles. The molecule has 0 amide bonds. The van der Waals surface area contributed by atoms with Gasteiger partial charge in [0.05, 0.1) is 6.61 Å². The van der Waals surface area contributed by atoms with E-state index in [4.69, 9.17) is 9.84 Å². The van der Waals surface area contributed by atoms with E-state index in [1.54, 1.807) is 24.5 Å². The summed E-state index contributed by atoms with van der Waals surface area (Å²) in [7, 11) is 1.75. The largest absolute Gasteiger partial charge is 0.478 e. The molecule has 1 aromatic rings. The van der Waals surface area contributed by atoms with Gasteiger partial charge in [-0.25, -0.2) is 4.79 Å². The Balaban J connectivity index is 1.85. The minimum atomic E-state index is -0.908. The van der Waals surface area contributed by atoms with Crippen molar-refractivity contribution in [1.29, 1.82) is 0 Å². The summed E-state index contributed by atoms with van der Waals surface area (Å²) in [6.45, 7) is 4.00. The van der Waals surface area contributed by atoms with Crippen molar-refractivity contribution in [2.75, 3.05) is 26.8 Å². The predicted octanol–water partition coefficient (Wildman–Crippen LogP) is 2.31. The van der Waals surface area contributed by atoms with Crippen molar-refractivity contribution in [1.82, 2.24) is 4.90 Å². The minimum Gasteiger partial charge on any atom is -0.478 e. The summed E-state index contributed by atoms with van der Waals surface area (Å²) in [6, 6.07) is 2.06. The zero-order valence-corrected chi connectivity index (χ0v) is 11.9. The van der Waals surface area contributed by atoms with Gasteiger partial charge < -0.3 is 9.84 Å². The number of nitrogens with zero attached hydrogens (tertiary/aromatic N) is 1. The molecule has 1 saturated heterocycles. The molecule has 19 heavy (non-hydrogen) atoms. The van der Waals surface area contributed by atoms with Gasteiger partial charge in [-0.3, -0.25) is 4.90 Å². The predicted molar refractivity (Wildman–Crippen MR) is 76.2 cm³/mol. The maximum absolute atomic E-state index is 10.5. The SMILES string of the molecule is COCC1CCN(Cc2cc(C=CC(=O)O)cs2)C1. The highest BCUT2D eigenvalue weighted by atomic mass is 32.1. The number of carboxylic acids is 1. The number of carboxylic acid groups (broad SMARTS) is 1. The average Bonchev–Trinajstić information content (AvgIpc) is 2.98. The van der Waals surface area contributed by atoms with E-state index in [-0.39, 0.29) is 0 Å². The standard InChI is InChI=1S/C14H19NO3S/c1-18-9-12-4-5-15(7-12)8-13-6-11(10-19-13)2-3-14(16)17/h2-3,6,10,12H,4-5,7-9H2,1H3,(H,16,17). The number of hydrogen-bond donors (Lipinski definition) is 1. The minimum absolute atomic E-state index is 0.649. The fourth-order valence-corrected chi connectivity index (χ4v) is 3.28. The summed E-state index contributed by atoms with van der Waals surface area (Å²) >= 11 is 1.69. The second kappa shape index (κ2) is 6.84. The molecular weight excluding hydrogens is 262 g/mol. The molecular formula is C14H19NO3S. The summed E-state index contributed by atoms with van der Waals surface area (Å²) in [5.41, 5.74) is 0.968. The molecule has 4 nitrogen and oxygen atoms in total. The number of thiophene rings is 1. The third-order valence-electron chi connectivity index (χ3n) is 3.24. The van der Waals surface area contributed by atoms with Crippen LogP contribution in [0.4, 0.5) is 0 Å². The lowest BCUT2D eigenvalue weighted by Crippen LogP contribution is -2.20. The Hall–Kier alpha value is -1.17. The molecule has 2 rings (SSSR count). The summed E-state index contributed by atoms with van der Waals surface area (Å²) < 4.78 is 5.19. The Kier molecular flexibility index (Phi) is 5.13. The molecule has 1 fully saturated rings. The van der Waals surface area contributed by atoms with Gasteiger partial charge >= 0.3 is 5.97 Å². The number of ether oxygens (including phenoxy) is 1. The Morgan fingerprint density at radius 3 is 3.26 bits per heavy atom. The lowest BCUT2D eigenvalue weighted by molar-refractivity contribution is -0.131. The van der Waals surface area contributed by atoms with Gasteiger partial charge in [-0.05, 0) is 42.0 Å². The van der Waals surface area contributed by atoms with E-state index in [2.05, 4.69) is 11.0 Å². The van der Waals surface area contributed by atoms with E-state index in [1.165, 1.54) is 17.4 Å². The second-order valence-corrected chi connectivity index (χ2v) is 5.86. The van der Waals surface area contributed by atoms with Crippen LogP contribution in [-0.2, 0) is 16.1 Å². The third-order valence-corrected chi connectivity index (χ3v) is 4.18. The molecule has 5 heteroatoms. The van der Waals surface area contributed by atoms with E-state index in [9.17, 15) is 4.79 Å². The van der Waals surface area contributed by atoms with Crippen LogP contribution in [0.3, 0.4) is 0 Å². The van der Waals surface area contributed by atoms with Crippen molar-refractivity contribution in [3.05, 3.63) is 28.0 Å². The van der Waals surface area contributed by atoms with Crippen LogP contribution in [0.5, 0.6) is 0 Å². The first kappa shape index (κ1) is 14.2. The fourth-order valence-electron chi connectivity index (χ4n) is 2.38. The van der Waals surface area contributed by atoms with E-state index < -0.39 is 5.97 Å². The van der Waals surface area contributed by atoms with E-state index in [0.717, 1.165) is 31.8 Å². The maximum Gasteiger partial charge on any atom is 0.328 e. The average molecular weight is 281 g/mol. The number of methoxy groups -OCH3 is 1. The van der Waals surface area contributed by atoms with Gasteiger partial charge in [0.25, 0.3) is 0 Å². The van der Waals surface area contributed by atoms with Crippen LogP contribution in [-0.4, -0.2) is 42.8 Å². The maximum atomic E-state index is 10.5. The number of rotatable bonds is 6. The van der Waals surface area contributed by atoms with Crippen LogP contribution in [0.2, 0.25) is 0 Å². The number of carbonyl (C=O) groups is 1. The summed E-state index contributed by atoms with van der Waals surface area (Å²) in [6.07, 6.45) is 4.02. The van der Waals surface area contributed by atoms with Crippen LogP contribution in [0.25, 0.3) is 6.08 Å². The Morgan fingerprint density at radius 1 is 1.68 bits per heavy atom. The Bertz CT molecular complexity index is 455. The van der Waals surface area contributed by atoms with Crippen molar-refractivity contribution in [2.24, 2.45) is 5.92 Å². The molecule has 1 aliphatic heterocycles. The first-order chi connectivity index (χ1) is 9.17. The van der Waals surface area contributed by atoms with Crippen LogP contribution in [0.1, 0.15) is 16.9 Å². The molecule has 1 N–H and O–H groups in total. The van der Waals surface area contributed by atoms with Crippen molar-refractivity contribution in [3.8, 4) is 0 Å². The zero-order chi connectivity index (χ0) is 13.7. The van der Waals surface area contributed by atoms with E-state index >= 15 is 0 Å². The molecule has 0 spiro atoms. The van der Waals surface area contributed by atoms with Gasteiger partial charge in [-0.15, -0.1) is 11.3 Å². The highest BCUT2D eigenvalue weighted by Gasteiger charge is 2.22. The number of likely N-dealkylation sites (tertiary alicyclic amines) is 1. The summed E-state index contributed by atoms with van der Waals surface area (Å²) in [4.78, 5) is 14.2. The van der Waals surface area contributed by atoms with Gasteiger partial charge in [0.15, 0.2) is 0 Å². The third kappa shape index (κ3) is 4.45. The Labute approximate surface area is 117 Å². The lowest BCUT2D eigenvalue weighted by Gasteiger charge is -2.14. The summed E-state index contributed by atoms with van der Waals surface area (Å²) in [5.74, 6) is -0.258. The highest BCUT2D eigenvalue weighted by Crippen LogP contribution is 2.22. The first-order valence-electron chi connectivity index (χ1n) is 6.37. The normalized spacial score (nSPS) is 20.4. The smallest absolute Gasteiger partial charge is 0.328 e. The van der Waals surface area contributed by atoms with Crippen molar-refractivity contribution < 1.29 is 14.6 Å². The van der Waals surface area contributed by atoms with Crippen LogP contribution in [0.15, 0.2) is 17.5 Å². The van der Waals surface area contributed by atoms with E-state index in [1.807, 2.05) is 5.38 Å². The van der Waals surface area contributed by atoms with Gasteiger partial charge in [0.2, 0.25) is 0 Å². The second-order valence-electron chi connectivity index (χ2n) is 4.86. The van der Waals surface area contributed by atoms with Gasteiger partial charge in [0.1, 0.15) is 0 Å². The summed E-state index contributed by atoms with van der Waals surface area (Å²) in [5, 5.41) is 10.6. The topological polar surface area (TPSA) is 49.8 Å². The first-order valence-corrected chi connectivity index (χ1v) is 7.25. The Morgan fingerprint density at radius 2 is 2.53 bits per heavy atom. The highest BCUT2D eigenvalue weighted by molar-refractivity contribution is 7.10.